The summed E-state index contributed by atoms with van der Waals surface area (Å²) in [7, 11) is 1.62. The molecule has 1 aliphatic heterocycles. The number of carbonyl (C=O) groups is 1. The zero-order valence-electron chi connectivity index (χ0n) is 18.3. The molecule has 1 amide bonds. The number of piperazine rings is 1. The number of phenolic OH excluding ortho intramolecular Hbond substituents is 1. The lowest BCUT2D eigenvalue weighted by Gasteiger charge is -2.34. The molecule has 0 aliphatic carbocycles. The number of ether oxygens (including phenoxy) is 1. The second-order valence-corrected chi connectivity index (χ2v) is 8.03. The van der Waals surface area contributed by atoms with Gasteiger partial charge in [0.05, 0.1) is 19.2 Å². The van der Waals surface area contributed by atoms with Crippen molar-refractivity contribution in [3.8, 4) is 22.9 Å². The Morgan fingerprint density at radius 2 is 1.73 bits per heavy atom. The van der Waals surface area contributed by atoms with Crippen LogP contribution >= 0.6 is 0 Å². The maximum atomic E-state index is 13.0. The van der Waals surface area contributed by atoms with Crippen LogP contribution in [0.2, 0.25) is 0 Å². The predicted molar refractivity (Wildman–Crippen MR) is 123 cm³/mol. The van der Waals surface area contributed by atoms with Gasteiger partial charge < -0.3 is 19.3 Å². The summed E-state index contributed by atoms with van der Waals surface area (Å²) in [5.41, 5.74) is 1.19. The van der Waals surface area contributed by atoms with E-state index in [1.54, 1.807) is 24.1 Å². The highest BCUT2D eigenvalue weighted by Gasteiger charge is 2.25. The molecule has 0 atom stereocenters. The molecular weight excluding hydrogens is 420 g/mol. The van der Waals surface area contributed by atoms with Crippen LogP contribution in [0.5, 0.6) is 11.5 Å². The number of methoxy groups -OCH3 is 1. The summed E-state index contributed by atoms with van der Waals surface area (Å²) >= 11 is 0. The summed E-state index contributed by atoms with van der Waals surface area (Å²) in [6, 6.07) is 18.6. The summed E-state index contributed by atoms with van der Waals surface area (Å²) in [4.78, 5) is 21.5. The molecule has 1 saturated heterocycles. The van der Waals surface area contributed by atoms with Gasteiger partial charge in [0.15, 0.2) is 0 Å². The van der Waals surface area contributed by atoms with E-state index in [-0.39, 0.29) is 11.7 Å². The first-order valence-electron chi connectivity index (χ1n) is 10.8. The van der Waals surface area contributed by atoms with Crippen LogP contribution in [0.25, 0.3) is 22.2 Å². The van der Waals surface area contributed by atoms with Gasteiger partial charge in [0, 0.05) is 31.7 Å². The molecule has 3 aromatic carbocycles. The Hall–Kier alpha value is -3.91. The smallest absolute Gasteiger partial charge is 0.257 e. The van der Waals surface area contributed by atoms with Crippen molar-refractivity contribution in [2.45, 2.75) is 6.54 Å². The number of hydrogen-bond donors (Lipinski definition) is 1. The van der Waals surface area contributed by atoms with E-state index >= 15 is 0 Å². The normalized spacial score (nSPS) is 14.5. The number of aromatic nitrogens is 2. The SMILES string of the molecule is COc1ccc(-c2noc(CN3CCN(C(=O)c4cc5ccccc5cc4O)CC3)n2)cc1. The number of fused-ring (bicyclic) bond motifs is 1. The fraction of sp³-hybridized carbons (Fsp3) is 0.240. The molecule has 5 rings (SSSR count). The van der Waals surface area contributed by atoms with Crippen molar-refractivity contribution >= 4 is 16.7 Å². The van der Waals surface area contributed by atoms with Crippen molar-refractivity contribution < 1.29 is 19.2 Å². The molecule has 0 unspecified atom stereocenters. The van der Waals surface area contributed by atoms with E-state index in [9.17, 15) is 9.90 Å². The van der Waals surface area contributed by atoms with Gasteiger partial charge in [0.1, 0.15) is 11.5 Å². The Kier molecular flexibility index (Phi) is 5.66. The highest BCUT2D eigenvalue weighted by atomic mass is 16.5. The average Bonchev–Trinajstić information content (AvgIpc) is 3.32. The van der Waals surface area contributed by atoms with E-state index in [2.05, 4.69) is 15.0 Å². The average molecular weight is 444 g/mol. The number of carbonyl (C=O) groups excluding carboxylic acids is 1. The van der Waals surface area contributed by atoms with Crippen LogP contribution < -0.4 is 4.74 Å². The Labute approximate surface area is 191 Å². The van der Waals surface area contributed by atoms with Gasteiger partial charge in [-0.2, -0.15) is 4.98 Å². The lowest BCUT2D eigenvalue weighted by Crippen LogP contribution is -2.48. The van der Waals surface area contributed by atoms with Crippen molar-refractivity contribution in [3.05, 3.63) is 72.1 Å². The Balaban J connectivity index is 1.20. The number of amides is 1. The largest absolute Gasteiger partial charge is 0.507 e. The second-order valence-electron chi connectivity index (χ2n) is 8.03. The first-order valence-corrected chi connectivity index (χ1v) is 10.8. The third kappa shape index (κ3) is 4.38. The molecule has 8 heteroatoms. The summed E-state index contributed by atoms with van der Waals surface area (Å²) in [5, 5.41) is 16.3. The topological polar surface area (TPSA) is 91.9 Å². The minimum absolute atomic E-state index is 0.0121. The predicted octanol–water partition coefficient (Wildman–Crippen LogP) is 3.56. The van der Waals surface area contributed by atoms with E-state index in [1.807, 2.05) is 48.5 Å². The van der Waals surface area contributed by atoms with Crippen LogP contribution in [-0.4, -0.2) is 64.2 Å². The quantitative estimate of drug-likeness (QED) is 0.503. The molecule has 0 radical (unpaired) electrons. The number of aromatic hydroxyl groups is 1. The van der Waals surface area contributed by atoms with Gasteiger partial charge in [0.2, 0.25) is 11.7 Å². The van der Waals surface area contributed by atoms with Gasteiger partial charge in [0.25, 0.3) is 5.91 Å². The number of nitrogens with zero attached hydrogens (tertiary/aromatic N) is 4. The number of benzene rings is 3. The lowest BCUT2D eigenvalue weighted by atomic mass is 10.0. The highest BCUT2D eigenvalue weighted by Crippen LogP contribution is 2.27. The van der Waals surface area contributed by atoms with E-state index in [4.69, 9.17) is 9.26 Å². The van der Waals surface area contributed by atoms with Crippen LogP contribution in [0, 0.1) is 0 Å². The number of phenols is 1. The Morgan fingerprint density at radius 3 is 2.42 bits per heavy atom. The van der Waals surface area contributed by atoms with E-state index < -0.39 is 0 Å². The monoisotopic (exact) mass is 444 g/mol. The fourth-order valence-electron chi connectivity index (χ4n) is 4.05. The maximum Gasteiger partial charge on any atom is 0.257 e. The summed E-state index contributed by atoms with van der Waals surface area (Å²) < 4.78 is 10.6. The summed E-state index contributed by atoms with van der Waals surface area (Å²) in [6.45, 7) is 3.00. The van der Waals surface area contributed by atoms with Crippen LogP contribution in [0.3, 0.4) is 0 Å². The van der Waals surface area contributed by atoms with Crippen molar-refractivity contribution in [2.24, 2.45) is 0 Å². The van der Waals surface area contributed by atoms with Gasteiger partial charge in [-0.05, 0) is 47.2 Å². The van der Waals surface area contributed by atoms with Gasteiger partial charge in [-0.3, -0.25) is 9.69 Å². The molecule has 4 aromatic rings. The molecule has 1 aromatic heterocycles. The molecule has 0 bridgehead atoms. The zero-order valence-corrected chi connectivity index (χ0v) is 18.3. The van der Waals surface area contributed by atoms with Crippen LogP contribution in [0.1, 0.15) is 16.2 Å². The lowest BCUT2D eigenvalue weighted by molar-refractivity contribution is 0.0612. The van der Waals surface area contributed by atoms with Crippen LogP contribution in [0.4, 0.5) is 0 Å². The van der Waals surface area contributed by atoms with Crippen LogP contribution in [-0.2, 0) is 6.54 Å². The molecule has 0 saturated carbocycles. The van der Waals surface area contributed by atoms with Gasteiger partial charge >= 0.3 is 0 Å². The standard InChI is InChI=1S/C25H24N4O4/c1-32-20-8-6-17(7-9-20)24-26-23(33-27-24)16-28-10-12-29(13-11-28)25(31)21-14-18-4-2-3-5-19(18)15-22(21)30/h2-9,14-15,30H,10-13,16H2,1H3. The Bertz CT molecular complexity index is 1280. The second kappa shape index (κ2) is 8.91. The fourth-order valence-corrected chi connectivity index (χ4v) is 4.05. The first-order chi connectivity index (χ1) is 16.1. The molecule has 1 aliphatic rings. The number of hydrogen-bond acceptors (Lipinski definition) is 7. The molecule has 168 valence electrons. The van der Waals surface area contributed by atoms with Gasteiger partial charge in [-0.15, -0.1) is 0 Å². The minimum Gasteiger partial charge on any atom is -0.507 e. The molecule has 1 N–H and O–H groups in total. The molecule has 0 spiro atoms. The van der Waals surface area contributed by atoms with Gasteiger partial charge in [-0.1, -0.05) is 29.4 Å². The maximum absolute atomic E-state index is 13.0. The number of rotatable bonds is 5. The third-order valence-electron chi connectivity index (χ3n) is 5.93. The van der Waals surface area contributed by atoms with Crippen molar-refractivity contribution in [3.63, 3.8) is 0 Å². The summed E-state index contributed by atoms with van der Waals surface area (Å²) in [6.07, 6.45) is 0. The van der Waals surface area contributed by atoms with E-state index in [0.717, 1.165) is 22.1 Å². The minimum atomic E-state index is -0.155. The molecular formula is C25H24N4O4. The van der Waals surface area contributed by atoms with Crippen molar-refractivity contribution in [1.29, 1.82) is 0 Å². The first kappa shape index (κ1) is 21.0. The highest BCUT2D eigenvalue weighted by molar-refractivity contribution is 6.01. The molecule has 2 heterocycles. The molecule has 1 fully saturated rings. The Morgan fingerprint density at radius 1 is 1.03 bits per heavy atom. The van der Waals surface area contributed by atoms with Crippen molar-refractivity contribution in [1.82, 2.24) is 19.9 Å². The van der Waals surface area contributed by atoms with Crippen LogP contribution in [0.15, 0.2) is 65.2 Å². The molecule has 33 heavy (non-hydrogen) atoms. The van der Waals surface area contributed by atoms with E-state index in [0.29, 0.717) is 50.0 Å². The third-order valence-corrected chi connectivity index (χ3v) is 5.93. The van der Waals surface area contributed by atoms with Crippen molar-refractivity contribution in [2.75, 3.05) is 33.3 Å². The van der Waals surface area contributed by atoms with Gasteiger partial charge in [-0.25, -0.2) is 0 Å². The zero-order chi connectivity index (χ0) is 22.8. The summed E-state index contributed by atoms with van der Waals surface area (Å²) in [5.74, 6) is 1.70. The molecule has 8 nitrogen and oxygen atoms in total. The van der Waals surface area contributed by atoms with E-state index in [1.165, 1.54) is 0 Å².